The first-order chi connectivity index (χ1) is 8.38. The van der Waals surface area contributed by atoms with Gasteiger partial charge in [-0.2, -0.15) is 8.78 Å². The molecule has 2 N–H and O–H groups in total. The van der Waals surface area contributed by atoms with Gasteiger partial charge in [0.1, 0.15) is 0 Å². The minimum absolute atomic E-state index is 0.121. The molecule has 2 aromatic rings. The predicted molar refractivity (Wildman–Crippen MR) is 57.7 cm³/mol. The summed E-state index contributed by atoms with van der Waals surface area (Å²) in [6.45, 7) is 0. The average molecular weight is 257 g/mol. The van der Waals surface area contributed by atoms with E-state index in [1.54, 1.807) is 0 Å². The lowest BCUT2D eigenvalue weighted by Crippen LogP contribution is -2.28. The SMILES string of the molecule is O=C(O)C(F)(F)CCc1ccc2[nH]c(=O)oc2c1. The lowest BCUT2D eigenvalue weighted by molar-refractivity contribution is -0.165. The number of nitrogens with one attached hydrogen (secondary N) is 1. The number of carbonyl (C=O) groups is 1. The Morgan fingerprint density at radius 1 is 1.44 bits per heavy atom. The molecule has 1 heterocycles. The highest BCUT2D eigenvalue weighted by Crippen LogP contribution is 2.22. The molecule has 0 aliphatic carbocycles. The molecule has 0 saturated heterocycles. The number of H-pyrrole nitrogens is 1. The number of fused-ring (bicyclic) bond motifs is 1. The molecule has 0 spiro atoms. The smallest absolute Gasteiger partial charge is 0.417 e. The molecule has 0 atom stereocenters. The Balaban J connectivity index is 2.17. The van der Waals surface area contributed by atoms with Crippen molar-refractivity contribution in [3.8, 4) is 0 Å². The number of carboxylic acid groups (broad SMARTS) is 1. The molecule has 5 nitrogen and oxygen atoms in total. The van der Waals surface area contributed by atoms with Gasteiger partial charge in [-0.05, 0) is 24.1 Å². The molecular formula is C11H9F2NO4. The number of hydrogen-bond donors (Lipinski definition) is 2. The number of halogens is 2. The largest absolute Gasteiger partial charge is 0.477 e. The highest BCUT2D eigenvalue weighted by molar-refractivity contribution is 5.75. The molecule has 96 valence electrons. The van der Waals surface area contributed by atoms with Crippen molar-refractivity contribution in [1.82, 2.24) is 4.98 Å². The number of carboxylic acids is 1. The summed E-state index contributed by atoms with van der Waals surface area (Å²) in [5, 5.41) is 8.28. The molecule has 2 rings (SSSR count). The zero-order chi connectivity index (χ0) is 13.3. The van der Waals surface area contributed by atoms with Gasteiger partial charge < -0.3 is 9.52 Å². The lowest BCUT2D eigenvalue weighted by Gasteiger charge is -2.10. The van der Waals surface area contributed by atoms with Crippen molar-refractivity contribution in [2.45, 2.75) is 18.8 Å². The maximum Gasteiger partial charge on any atom is 0.417 e. The van der Waals surface area contributed by atoms with Gasteiger partial charge in [0.15, 0.2) is 5.58 Å². The fourth-order valence-corrected chi connectivity index (χ4v) is 1.55. The van der Waals surface area contributed by atoms with Crippen molar-refractivity contribution in [2.75, 3.05) is 0 Å². The van der Waals surface area contributed by atoms with Crippen LogP contribution in [0.3, 0.4) is 0 Å². The second-order valence-corrected chi connectivity index (χ2v) is 3.85. The van der Waals surface area contributed by atoms with E-state index in [1.165, 1.54) is 18.2 Å². The topological polar surface area (TPSA) is 83.3 Å². The Labute approximate surface area is 99.0 Å². The van der Waals surface area contributed by atoms with E-state index in [-0.39, 0.29) is 12.0 Å². The van der Waals surface area contributed by atoms with Crippen LogP contribution in [0.1, 0.15) is 12.0 Å². The number of aromatic amines is 1. The van der Waals surface area contributed by atoms with Crippen molar-refractivity contribution in [3.63, 3.8) is 0 Å². The van der Waals surface area contributed by atoms with Crippen LogP contribution in [0.2, 0.25) is 0 Å². The van der Waals surface area contributed by atoms with E-state index in [4.69, 9.17) is 9.52 Å². The molecular weight excluding hydrogens is 248 g/mol. The monoisotopic (exact) mass is 257 g/mol. The highest BCUT2D eigenvalue weighted by Gasteiger charge is 2.37. The van der Waals surface area contributed by atoms with Crippen molar-refractivity contribution in [1.29, 1.82) is 0 Å². The Morgan fingerprint density at radius 3 is 2.83 bits per heavy atom. The van der Waals surface area contributed by atoms with Crippen LogP contribution >= 0.6 is 0 Å². The van der Waals surface area contributed by atoms with Crippen LogP contribution < -0.4 is 5.76 Å². The summed E-state index contributed by atoms with van der Waals surface area (Å²) in [6, 6.07) is 4.49. The third-order valence-corrected chi connectivity index (χ3v) is 2.53. The molecule has 0 aliphatic heterocycles. The number of rotatable bonds is 4. The molecule has 0 amide bonds. The van der Waals surface area contributed by atoms with Gasteiger partial charge in [-0.25, -0.2) is 9.59 Å². The van der Waals surface area contributed by atoms with Crippen LogP contribution in [0.4, 0.5) is 8.78 Å². The Hall–Kier alpha value is -2.18. The molecule has 18 heavy (non-hydrogen) atoms. The molecule has 0 radical (unpaired) electrons. The normalized spacial score (nSPS) is 11.9. The van der Waals surface area contributed by atoms with E-state index in [9.17, 15) is 18.4 Å². The number of benzene rings is 1. The first kappa shape index (κ1) is 12.3. The van der Waals surface area contributed by atoms with Crippen molar-refractivity contribution < 1.29 is 23.1 Å². The number of oxazole rings is 1. The molecule has 1 aromatic heterocycles. The summed E-state index contributed by atoms with van der Waals surface area (Å²) in [6.07, 6.45) is -0.924. The Kier molecular flexibility index (Phi) is 2.90. The van der Waals surface area contributed by atoms with Gasteiger partial charge in [0, 0.05) is 6.42 Å². The molecule has 0 aliphatic rings. The second-order valence-electron chi connectivity index (χ2n) is 3.85. The third-order valence-electron chi connectivity index (χ3n) is 2.53. The molecule has 0 unspecified atom stereocenters. The summed E-state index contributed by atoms with van der Waals surface area (Å²) in [7, 11) is 0. The van der Waals surface area contributed by atoms with Crippen LogP contribution in [0, 0.1) is 0 Å². The van der Waals surface area contributed by atoms with Gasteiger partial charge in [0.25, 0.3) is 0 Å². The van der Waals surface area contributed by atoms with Crippen molar-refractivity contribution >= 4 is 17.1 Å². The van der Waals surface area contributed by atoms with Crippen molar-refractivity contribution in [3.05, 3.63) is 34.3 Å². The van der Waals surface area contributed by atoms with Crippen LogP contribution in [0.25, 0.3) is 11.1 Å². The quantitative estimate of drug-likeness (QED) is 0.874. The van der Waals surface area contributed by atoms with E-state index in [0.717, 1.165) is 0 Å². The fourth-order valence-electron chi connectivity index (χ4n) is 1.55. The first-order valence-electron chi connectivity index (χ1n) is 5.11. The maximum atomic E-state index is 12.9. The van der Waals surface area contributed by atoms with Gasteiger partial charge in [-0.1, -0.05) is 6.07 Å². The minimum atomic E-state index is -3.76. The zero-order valence-electron chi connectivity index (χ0n) is 9.07. The van der Waals surface area contributed by atoms with Crippen LogP contribution in [-0.2, 0) is 11.2 Å². The number of aromatic nitrogens is 1. The zero-order valence-corrected chi connectivity index (χ0v) is 9.07. The summed E-state index contributed by atoms with van der Waals surface area (Å²) < 4.78 is 30.5. The van der Waals surface area contributed by atoms with Gasteiger partial charge in [0.05, 0.1) is 5.52 Å². The number of alkyl halides is 2. The molecule has 7 heteroatoms. The van der Waals surface area contributed by atoms with Gasteiger partial charge >= 0.3 is 17.6 Å². The number of aryl methyl sites for hydroxylation is 1. The Morgan fingerprint density at radius 2 is 2.17 bits per heavy atom. The summed E-state index contributed by atoms with van der Waals surface area (Å²) in [5.41, 5.74) is 1.20. The lowest BCUT2D eigenvalue weighted by atomic mass is 10.1. The van der Waals surface area contributed by atoms with Crippen LogP contribution in [0.5, 0.6) is 0 Å². The Bertz CT molecular complexity index is 644. The van der Waals surface area contributed by atoms with E-state index < -0.39 is 24.1 Å². The number of aliphatic carboxylic acids is 1. The predicted octanol–water partition coefficient (Wildman–Crippen LogP) is 1.77. The summed E-state index contributed by atoms with van der Waals surface area (Å²) >= 11 is 0. The molecule has 1 aromatic carbocycles. The van der Waals surface area contributed by atoms with Crippen LogP contribution in [-0.4, -0.2) is 22.0 Å². The minimum Gasteiger partial charge on any atom is -0.477 e. The van der Waals surface area contributed by atoms with Crippen LogP contribution in [0.15, 0.2) is 27.4 Å². The molecule has 0 saturated carbocycles. The average Bonchev–Trinajstić information content (AvgIpc) is 2.65. The summed E-state index contributed by atoms with van der Waals surface area (Å²) in [4.78, 5) is 23.5. The van der Waals surface area contributed by atoms with Crippen molar-refractivity contribution in [2.24, 2.45) is 0 Å². The number of hydrogen-bond acceptors (Lipinski definition) is 3. The standard InChI is InChI=1S/C11H9F2NO4/c12-11(13,9(15)16)4-3-6-1-2-7-8(5-6)18-10(17)14-7/h1-2,5H,3-4H2,(H,14,17)(H,15,16). The summed E-state index contributed by atoms with van der Waals surface area (Å²) in [5.74, 6) is -6.52. The van der Waals surface area contributed by atoms with Gasteiger partial charge in [-0.15, -0.1) is 0 Å². The molecule has 0 bridgehead atoms. The third kappa shape index (κ3) is 2.39. The highest BCUT2D eigenvalue weighted by atomic mass is 19.3. The maximum absolute atomic E-state index is 12.9. The van der Waals surface area contributed by atoms with E-state index >= 15 is 0 Å². The van der Waals surface area contributed by atoms with E-state index in [1.807, 2.05) is 0 Å². The van der Waals surface area contributed by atoms with E-state index in [2.05, 4.69) is 4.98 Å². The second kappa shape index (κ2) is 4.25. The van der Waals surface area contributed by atoms with E-state index in [0.29, 0.717) is 11.1 Å². The van der Waals surface area contributed by atoms with Gasteiger partial charge in [0.2, 0.25) is 0 Å². The fraction of sp³-hybridized carbons (Fsp3) is 0.273. The van der Waals surface area contributed by atoms with Gasteiger partial charge in [-0.3, -0.25) is 4.98 Å². The first-order valence-corrected chi connectivity index (χ1v) is 5.11. The molecule has 0 fully saturated rings.